The summed E-state index contributed by atoms with van der Waals surface area (Å²) in [6.45, 7) is 3.42. The number of carbonyl (C=O) groups is 1. The van der Waals surface area contributed by atoms with E-state index in [1.165, 1.54) is 10.4 Å². The first-order valence-corrected chi connectivity index (χ1v) is 10.4. The molecule has 1 atom stereocenters. The number of piperidine rings is 1. The molecule has 0 aromatic heterocycles. The highest BCUT2D eigenvalue weighted by Crippen LogP contribution is 2.27. The van der Waals surface area contributed by atoms with Gasteiger partial charge >= 0.3 is 0 Å². The van der Waals surface area contributed by atoms with Crippen molar-refractivity contribution < 1.29 is 13.2 Å². The number of unbranched alkanes of at least 4 members (excludes halogenated alkanes) is 1. The molecular formula is C18H29N3O3S. The molecule has 1 saturated heterocycles. The summed E-state index contributed by atoms with van der Waals surface area (Å²) in [5.74, 6) is -0.256. The molecule has 1 amide bonds. The van der Waals surface area contributed by atoms with E-state index in [9.17, 15) is 13.2 Å². The second kappa shape index (κ2) is 8.78. The predicted molar refractivity (Wildman–Crippen MR) is 98.9 cm³/mol. The maximum absolute atomic E-state index is 13.2. The highest BCUT2D eigenvalue weighted by molar-refractivity contribution is 7.89. The van der Waals surface area contributed by atoms with Crippen molar-refractivity contribution in [2.24, 2.45) is 5.73 Å². The summed E-state index contributed by atoms with van der Waals surface area (Å²) in [5, 5.41) is 0. The number of carbonyl (C=O) groups excluding carboxylic acids is 1. The van der Waals surface area contributed by atoms with Gasteiger partial charge < -0.3 is 10.6 Å². The van der Waals surface area contributed by atoms with Gasteiger partial charge in [-0.2, -0.15) is 4.31 Å². The number of hydrogen-bond acceptors (Lipinski definition) is 4. The van der Waals surface area contributed by atoms with E-state index in [-0.39, 0.29) is 22.4 Å². The van der Waals surface area contributed by atoms with Gasteiger partial charge in [0.25, 0.3) is 5.91 Å². The zero-order valence-electron chi connectivity index (χ0n) is 15.1. The molecule has 2 rings (SSSR count). The van der Waals surface area contributed by atoms with Crippen LogP contribution in [0.5, 0.6) is 0 Å². The van der Waals surface area contributed by atoms with Crippen LogP contribution in [-0.4, -0.2) is 56.3 Å². The van der Waals surface area contributed by atoms with E-state index in [4.69, 9.17) is 5.73 Å². The second-order valence-corrected chi connectivity index (χ2v) is 8.44. The van der Waals surface area contributed by atoms with Crippen molar-refractivity contribution in [1.82, 2.24) is 9.21 Å². The van der Waals surface area contributed by atoms with Gasteiger partial charge in [0, 0.05) is 32.7 Å². The summed E-state index contributed by atoms with van der Waals surface area (Å²) >= 11 is 0. The molecule has 1 aliphatic heterocycles. The largest absolute Gasteiger partial charge is 0.342 e. The van der Waals surface area contributed by atoms with Crippen LogP contribution in [-0.2, 0) is 10.0 Å². The molecule has 2 N–H and O–H groups in total. The Morgan fingerprint density at radius 3 is 2.72 bits per heavy atom. The highest BCUT2D eigenvalue weighted by atomic mass is 32.2. The first-order valence-electron chi connectivity index (χ1n) is 8.99. The third-order valence-corrected chi connectivity index (χ3v) is 6.75. The standard InChI is InChI=1S/C18H29N3O3S/c1-3-4-12-20(2)18(22)16-10-5-6-11-17(16)25(23,24)21-13-8-7-9-15(21)14-19/h5-6,10-11,15H,3-4,7-9,12-14,19H2,1-2H3. The summed E-state index contributed by atoms with van der Waals surface area (Å²) in [4.78, 5) is 14.4. The number of hydrogen-bond donors (Lipinski definition) is 1. The average molecular weight is 368 g/mol. The Kier molecular flexibility index (Phi) is 6.98. The quantitative estimate of drug-likeness (QED) is 0.799. The number of nitrogens with zero attached hydrogens (tertiary/aromatic N) is 2. The van der Waals surface area contributed by atoms with Gasteiger partial charge in [0.05, 0.1) is 10.5 Å². The first-order chi connectivity index (χ1) is 11.9. The average Bonchev–Trinajstić information content (AvgIpc) is 2.65. The summed E-state index contributed by atoms with van der Waals surface area (Å²) in [7, 11) is -2.03. The first kappa shape index (κ1) is 19.9. The SMILES string of the molecule is CCCCN(C)C(=O)c1ccccc1S(=O)(=O)N1CCCCC1CN. The molecule has 0 saturated carbocycles. The molecule has 0 radical (unpaired) electrons. The molecule has 1 fully saturated rings. The van der Waals surface area contributed by atoms with Crippen LogP contribution in [0.2, 0.25) is 0 Å². The van der Waals surface area contributed by atoms with Crippen LogP contribution in [0, 0.1) is 0 Å². The highest BCUT2D eigenvalue weighted by Gasteiger charge is 2.35. The van der Waals surface area contributed by atoms with Gasteiger partial charge in [-0.1, -0.05) is 31.9 Å². The molecule has 1 aromatic carbocycles. The Hall–Kier alpha value is -1.44. The van der Waals surface area contributed by atoms with Crippen molar-refractivity contribution in [2.75, 3.05) is 26.7 Å². The molecule has 140 valence electrons. The Bertz CT molecular complexity index is 691. The molecule has 0 bridgehead atoms. The van der Waals surface area contributed by atoms with Crippen molar-refractivity contribution >= 4 is 15.9 Å². The van der Waals surface area contributed by atoms with Crippen LogP contribution in [0.15, 0.2) is 29.2 Å². The van der Waals surface area contributed by atoms with Gasteiger partial charge in [-0.05, 0) is 31.4 Å². The van der Waals surface area contributed by atoms with E-state index in [2.05, 4.69) is 6.92 Å². The van der Waals surface area contributed by atoms with E-state index in [0.717, 1.165) is 32.1 Å². The van der Waals surface area contributed by atoms with Crippen molar-refractivity contribution in [2.45, 2.75) is 50.0 Å². The van der Waals surface area contributed by atoms with Crippen LogP contribution in [0.4, 0.5) is 0 Å². The Labute approximate surface area is 151 Å². The molecule has 7 heteroatoms. The van der Waals surface area contributed by atoms with Crippen LogP contribution in [0.25, 0.3) is 0 Å². The Morgan fingerprint density at radius 2 is 2.04 bits per heavy atom. The Balaban J connectivity index is 2.37. The number of sulfonamides is 1. The fourth-order valence-corrected chi connectivity index (χ4v) is 5.11. The predicted octanol–water partition coefficient (Wildman–Crippen LogP) is 2.06. The van der Waals surface area contributed by atoms with E-state index < -0.39 is 10.0 Å². The third kappa shape index (κ3) is 4.40. The minimum absolute atomic E-state index is 0.0868. The van der Waals surface area contributed by atoms with Gasteiger partial charge in [-0.15, -0.1) is 0 Å². The normalized spacial score (nSPS) is 18.9. The molecule has 0 spiro atoms. The number of benzene rings is 1. The molecular weight excluding hydrogens is 338 g/mol. The molecule has 25 heavy (non-hydrogen) atoms. The van der Waals surface area contributed by atoms with Crippen molar-refractivity contribution in [3.63, 3.8) is 0 Å². The van der Waals surface area contributed by atoms with E-state index >= 15 is 0 Å². The monoisotopic (exact) mass is 367 g/mol. The number of rotatable bonds is 7. The Morgan fingerprint density at radius 1 is 1.32 bits per heavy atom. The number of nitrogens with two attached hydrogens (primary N) is 1. The van der Waals surface area contributed by atoms with Crippen LogP contribution >= 0.6 is 0 Å². The summed E-state index contributed by atoms with van der Waals surface area (Å²) < 4.78 is 27.9. The molecule has 1 aliphatic rings. The molecule has 0 aliphatic carbocycles. The molecule has 1 aromatic rings. The summed E-state index contributed by atoms with van der Waals surface area (Å²) in [6, 6.07) is 6.30. The zero-order chi connectivity index (χ0) is 18.4. The third-order valence-electron chi connectivity index (χ3n) is 4.74. The minimum atomic E-state index is -3.75. The fraction of sp³-hybridized carbons (Fsp3) is 0.611. The summed E-state index contributed by atoms with van der Waals surface area (Å²) in [6.07, 6.45) is 4.43. The summed E-state index contributed by atoms with van der Waals surface area (Å²) in [5.41, 5.74) is 6.03. The van der Waals surface area contributed by atoms with Crippen molar-refractivity contribution in [1.29, 1.82) is 0 Å². The molecule has 1 heterocycles. The molecule has 6 nitrogen and oxygen atoms in total. The second-order valence-electron chi connectivity index (χ2n) is 6.58. The lowest BCUT2D eigenvalue weighted by Gasteiger charge is -2.34. The maximum atomic E-state index is 13.2. The van der Waals surface area contributed by atoms with Gasteiger partial charge in [0.1, 0.15) is 0 Å². The number of amides is 1. The smallest absolute Gasteiger partial charge is 0.254 e. The van der Waals surface area contributed by atoms with E-state index in [1.807, 2.05) is 0 Å². The van der Waals surface area contributed by atoms with Crippen LogP contribution in [0.3, 0.4) is 0 Å². The lowest BCUT2D eigenvalue weighted by Crippen LogP contribution is -2.47. The van der Waals surface area contributed by atoms with Crippen LogP contribution in [0.1, 0.15) is 49.4 Å². The van der Waals surface area contributed by atoms with Gasteiger partial charge in [-0.25, -0.2) is 8.42 Å². The van der Waals surface area contributed by atoms with Crippen LogP contribution < -0.4 is 5.73 Å². The molecule has 1 unspecified atom stereocenters. The topological polar surface area (TPSA) is 83.7 Å². The van der Waals surface area contributed by atoms with E-state index in [1.54, 1.807) is 30.1 Å². The zero-order valence-corrected chi connectivity index (χ0v) is 16.0. The van der Waals surface area contributed by atoms with E-state index in [0.29, 0.717) is 19.6 Å². The van der Waals surface area contributed by atoms with Gasteiger partial charge in [0.15, 0.2) is 0 Å². The lowest BCUT2D eigenvalue weighted by molar-refractivity contribution is 0.0789. The van der Waals surface area contributed by atoms with Gasteiger partial charge in [-0.3, -0.25) is 4.79 Å². The minimum Gasteiger partial charge on any atom is -0.342 e. The lowest BCUT2D eigenvalue weighted by atomic mass is 10.1. The maximum Gasteiger partial charge on any atom is 0.254 e. The van der Waals surface area contributed by atoms with Gasteiger partial charge in [0.2, 0.25) is 10.0 Å². The van der Waals surface area contributed by atoms with Crippen molar-refractivity contribution in [3.8, 4) is 0 Å². The van der Waals surface area contributed by atoms with Crippen molar-refractivity contribution in [3.05, 3.63) is 29.8 Å². The fourth-order valence-electron chi connectivity index (χ4n) is 3.22.